The number of hydrogen-bond acceptors (Lipinski definition) is 3. The van der Waals surface area contributed by atoms with Crippen LogP contribution in [0.2, 0.25) is 0 Å². The fraction of sp³-hybridized carbons (Fsp3) is 0.571. The topological polar surface area (TPSA) is 74.0 Å². The molecule has 0 radical (unpaired) electrons. The maximum absolute atomic E-state index is 12.3. The largest absolute Gasteiger partial charge is 0.480 e. The molecule has 0 aliphatic heterocycles. The summed E-state index contributed by atoms with van der Waals surface area (Å²) in [7, 11) is 1.66. The Morgan fingerprint density at radius 3 is 2.50 bits per heavy atom. The van der Waals surface area contributed by atoms with E-state index in [4.69, 9.17) is 9.52 Å². The Morgan fingerprint density at radius 2 is 2.05 bits per heavy atom. The zero-order chi connectivity index (χ0) is 15.3. The van der Waals surface area contributed by atoms with Gasteiger partial charge in [-0.25, -0.2) is 4.79 Å². The second kappa shape index (κ2) is 6.98. The molecule has 0 aromatic carbocycles. The summed E-state index contributed by atoms with van der Waals surface area (Å²) in [6.45, 7) is 6.25. The van der Waals surface area contributed by atoms with Crippen LogP contribution < -0.4 is 0 Å². The maximum Gasteiger partial charge on any atom is 0.323 e. The van der Waals surface area contributed by atoms with Crippen molar-refractivity contribution in [3.8, 4) is 0 Å². The van der Waals surface area contributed by atoms with Crippen LogP contribution in [0.5, 0.6) is 0 Å². The fourth-order valence-corrected chi connectivity index (χ4v) is 1.95. The van der Waals surface area contributed by atoms with Crippen LogP contribution in [0.25, 0.3) is 0 Å². The first-order valence-electron chi connectivity index (χ1n) is 6.56. The van der Waals surface area contributed by atoms with Gasteiger partial charge in [-0.15, -0.1) is 0 Å². The third-order valence-electron chi connectivity index (χ3n) is 2.88. The number of carboxylic acids is 1. The van der Waals surface area contributed by atoms with Gasteiger partial charge in [0.1, 0.15) is 12.3 Å². The summed E-state index contributed by atoms with van der Waals surface area (Å²) in [5, 5.41) is 8.90. The number of carboxylic acid groups (broad SMARTS) is 1. The first-order chi connectivity index (χ1) is 9.31. The quantitative estimate of drug-likeness (QED) is 0.868. The molecule has 1 N–H and O–H groups in total. The number of hydrogen-bond donors (Lipinski definition) is 1. The van der Waals surface area contributed by atoms with Crippen LogP contribution in [0.3, 0.4) is 0 Å². The van der Waals surface area contributed by atoms with Crippen LogP contribution in [0.1, 0.15) is 25.2 Å². The molecule has 0 saturated heterocycles. The summed E-state index contributed by atoms with van der Waals surface area (Å²) in [6, 6.07) is 1.52. The molecule has 6 nitrogen and oxygen atoms in total. The van der Waals surface area contributed by atoms with E-state index in [1.54, 1.807) is 13.3 Å². The van der Waals surface area contributed by atoms with Gasteiger partial charge in [0.25, 0.3) is 0 Å². The van der Waals surface area contributed by atoms with Crippen LogP contribution in [0.4, 0.5) is 4.79 Å². The van der Waals surface area contributed by atoms with Crippen LogP contribution >= 0.6 is 0 Å². The Balaban J connectivity index is 2.72. The second-order valence-electron chi connectivity index (χ2n) is 5.31. The third-order valence-corrected chi connectivity index (χ3v) is 2.88. The third kappa shape index (κ3) is 4.60. The number of aryl methyl sites for hydroxylation is 1. The summed E-state index contributed by atoms with van der Waals surface area (Å²) in [6.07, 6.45) is 1.58. The average Bonchev–Trinajstić information content (AvgIpc) is 2.72. The SMILES string of the molecule is Cc1occc1CN(C)C(=O)N(CC(=O)O)CC(C)C. The maximum atomic E-state index is 12.3. The fourth-order valence-electron chi connectivity index (χ4n) is 1.95. The van der Waals surface area contributed by atoms with Crippen LogP contribution in [-0.4, -0.2) is 47.0 Å². The molecular weight excluding hydrogens is 260 g/mol. The molecule has 0 fully saturated rings. The van der Waals surface area contributed by atoms with Gasteiger partial charge in [0.15, 0.2) is 0 Å². The van der Waals surface area contributed by atoms with Gasteiger partial charge in [0.05, 0.1) is 12.8 Å². The molecule has 2 amide bonds. The Hall–Kier alpha value is -1.98. The molecule has 1 aromatic rings. The number of aliphatic carboxylic acids is 1. The summed E-state index contributed by atoms with van der Waals surface area (Å²) < 4.78 is 5.19. The Kier molecular flexibility index (Phi) is 5.61. The lowest BCUT2D eigenvalue weighted by Crippen LogP contribution is -2.45. The minimum atomic E-state index is -1.01. The molecule has 112 valence electrons. The lowest BCUT2D eigenvalue weighted by molar-refractivity contribution is -0.137. The summed E-state index contributed by atoms with van der Waals surface area (Å²) in [5.41, 5.74) is 0.917. The molecule has 20 heavy (non-hydrogen) atoms. The van der Waals surface area contributed by atoms with E-state index >= 15 is 0 Å². The van der Waals surface area contributed by atoms with Crippen LogP contribution in [0, 0.1) is 12.8 Å². The molecule has 0 unspecified atom stereocenters. The van der Waals surface area contributed by atoms with Gasteiger partial charge in [0.2, 0.25) is 0 Å². The molecule has 1 aromatic heterocycles. The van der Waals surface area contributed by atoms with E-state index < -0.39 is 5.97 Å². The number of furan rings is 1. The number of nitrogens with zero attached hydrogens (tertiary/aromatic N) is 2. The minimum Gasteiger partial charge on any atom is -0.480 e. The van der Waals surface area contributed by atoms with E-state index in [0.29, 0.717) is 13.1 Å². The van der Waals surface area contributed by atoms with Gasteiger partial charge in [-0.3, -0.25) is 4.79 Å². The van der Waals surface area contributed by atoms with E-state index in [2.05, 4.69) is 0 Å². The first kappa shape index (κ1) is 16.1. The number of rotatable bonds is 6. The van der Waals surface area contributed by atoms with Crippen molar-refractivity contribution in [2.45, 2.75) is 27.3 Å². The van der Waals surface area contributed by atoms with E-state index in [9.17, 15) is 9.59 Å². The monoisotopic (exact) mass is 282 g/mol. The Bertz CT molecular complexity index is 467. The van der Waals surface area contributed by atoms with Crippen molar-refractivity contribution in [2.24, 2.45) is 5.92 Å². The molecule has 0 aliphatic rings. The zero-order valence-corrected chi connectivity index (χ0v) is 12.4. The molecule has 0 atom stereocenters. The number of carbonyl (C=O) groups excluding carboxylic acids is 1. The lowest BCUT2D eigenvalue weighted by atomic mass is 10.2. The lowest BCUT2D eigenvalue weighted by Gasteiger charge is -2.28. The molecular formula is C14H22N2O4. The van der Waals surface area contributed by atoms with Gasteiger partial charge in [0, 0.05) is 19.2 Å². The number of urea groups is 1. The standard InChI is InChI=1S/C14H22N2O4/c1-10(2)7-16(9-13(17)18)14(19)15(4)8-12-5-6-20-11(12)3/h5-6,10H,7-9H2,1-4H3,(H,17,18). The predicted octanol–water partition coefficient (Wildman–Crippen LogP) is 2.18. The van der Waals surface area contributed by atoms with Crippen LogP contribution in [-0.2, 0) is 11.3 Å². The summed E-state index contributed by atoms with van der Waals surface area (Å²) in [4.78, 5) is 26.0. The van der Waals surface area contributed by atoms with E-state index in [1.165, 1.54) is 9.80 Å². The normalized spacial score (nSPS) is 10.7. The van der Waals surface area contributed by atoms with Crippen molar-refractivity contribution in [1.29, 1.82) is 0 Å². The van der Waals surface area contributed by atoms with E-state index in [-0.39, 0.29) is 18.5 Å². The van der Waals surface area contributed by atoms with Crippen molar-refractivity contribution in [2.75, 3.05) is 20.1 Å². The smallest absolute Gasteiger partial charge is 0.323 e. The second-order valence-corrected chi connectivity index (χ2v) is 5.31. The van der Waals surface area contributed by atoms with Gasteiger partial charge in [-0.2, -0.15) is 0 Å². The van der Waals surface area contributed by atoms with Crippen LogP contribution in [0.15, 0.2) is 16.7 Å². The molecule has 0 bridgehead atoms. The van der Waals surface area contributed by atoms with E-state index in [0.717, 1.165) is 11.3 Å². The van der Waals surface area contributed by atoms with Gasteiger partial charge in [-0.1, -0.05) is 13.8 Å². The first-order valence-corrected chi connectivity index (χ1v) is 6.56. The molecule has 1 heterocycles. The molecule has 6 heteroatoms. The minimum absolute atomic E-state index is 0.211. The summed E-state index contributed by atoms with van der Waals surface area (Å²) >= 11 is 0. The molecule has 1 rings (SSSR count). The summed E-state index contributed by atoms with van der Waals surface area (Å²) in [5.74, 6) is -0.0347. The van der Waals surface area contributed by atoms with Gasteiger partial charge >= 0.3 is 12.0 Å². The van der Waals surface area contributed by atoms with E-state index in [1.807, 2.05) is 26.8 Å². The molecule has 0 aliphatic carbocycles. The Labute approximate surface area is 119 Å². The highest BCUT2D eigenvalue weighted by Crippen LogP contribution is 2.12. The molecule has 0 spiro atoms. The van der Waals surface area contributed by atoms with Crippen molar-refractivity contribution < 1.29 is 19.1 Å². The average molecular weight is 282 g/mol. The van der Waals surface area contributed by atoms with Crippen molar-refractivity contribution >= 4 is 12.0 Å². The highest BCUT2D eigenvalue weighted by molar-refractivity contribution is 5.80. The molecule has 0 saturated carbocycles. The highest BCUT2D eigenvalue weighted by atomic mass is 16.4. The van der Waals surface area contributed by atoms with Gasteiger partial charge < -0.3 is 19.3 Å². The van der Waals surface area contributed by atoms with Gasteiger partial charge in [-0.05, 0) is 18.9 Å². The zero-order valence-electron chi connectivity index (χ0n) is 12.4. The number of amides is 2. The predicted molar refractivity (Wildman–Crippen MR) is 74.4 cm³/mol. The highest BCUT2D eigenvalue weighted by Gasteiger charge is 2.22. The van der Waals surface area contributed by atoms with Crippen molar-refractivity contribution in [1.82, 2.24) is 9.80 Å². The van der Waals surface area contributed by atoms with Crippen molar-refractivity contribution in [3.63, 3.8) is 0 Å². The number of carbonyl (C=O) groups is 2. The van der Waals surface area contributed by atoms with Crippen molar-refractivity contribution in [3.05, 3.63) is 23.7 Å². The Morgan fingerprint density at radius 1 is 1.40 bits per heavy atom.